The summed E-state index contributed by atoms with van der Waals surface area (Å²) in [6, 6.07) is 3.66. The number of thiophene rings is 1. The van der Waals surface area contributed by atoms with Crippen LogP contribution in [0.4, 0.5) is 17.2 Å². The van der Waals surface area contributed by atoms with Crippen molar-refractivity contribution in [1.82, 2.24) is 14.9 Å². The van der Waals surface area contributed by atoms with Gasteiger partial charge in [-0.1, -0.05) is 0 Å². The highest BCUT2D eigenvalue weighted by Gasteiger charge is 2.32. The number of aromatic nitrogens is 2. The largest absolute Gasteiger partial charge is 0.492 e. The molecule has 1 amide bonds. The second kappa shape index (κ2) is 9.58. The van der Waals surface area contributed by atoms with Gasteiger partial charge in [0.2, 0.25) is 5.91 Å². The van der Waals surface area contributed by atoms with Crippen LogP contribution in [0.15, 0.2) is 18.5 Å². The van der Waals surface area contributed by atoms with Gasteiger partial charge in [0.1, 0.15) is 22.7 Å². The SMILES string of the molecule is CCOc1cc(N)c(C=[NH2+])cc1Nc1ncnc2sc3c(c12)CCC(C(=O)N1CCCCC1)C3. The van der Waals surface area contributed by atoms with Crippen LogP contribution >= 0.6 is 11.3 Å². The molecule has 1 fully saturated rings. The lowest BCUT2D eigenvalue weighted by Crippen LogP contribution is -2.41. The summed E-state index contributed by atoms with van der Waals surface area (Å²) < 4.78 is 5.81. The Kier molecular flexibility index (Phi) is 6.36. The van der Waals surface area contributed by atoms with E-state index in [9.17, 15) is 4.79 Å². The zero-order valence-electron chi connectivity index (χ0n) is 19.5. The molecule has 2 aromatic heterocycles. The number of nitrogens with two attached hydrogens (primary N) is 2. The third kappa shape index (κ3) is 4.20. The third-order valence-electron chi connectivity index (χ3n) is 6.78. The van der Waals surface area contributed by atoms with E-state index in [1.54, 1.807) is 23.7 Å². The van der Waals surface area contributed by atoms with E-state index in [-0.39, 0.29) is 5.92 Å². The summed E-state index contributed by atoms with van der Waals surface area (Å²) in [6.07, 6.45) is 9.03. The van der Waals surface area contributed by atoms with Crippen LogP contribution in [0, 0.1) is 5.92 Å². The van der Waals surface area contributed by atoms with Gasteiger partial charge in [0.15, 0.2) is 6.21 Å². The Morgan fingerprint density at radius 1 is 1.32 bits per heavy atom. The summed E-state index contributed by atoms with van der Waals surface area (Å²) in [7, 11) is 0. The minimum absolute atomic E-state index is 0.0623. The molecule has 1 aliphatic heterocycles. The first-order valence-electron chi connectivity index (χ1n) is 12.0. The van der Waals surface area contributed by atoms with Gasteiger partial charge in [0.05, 0.1) is 23.2 Å². The maximum atomic E-state index is 13.1. The fraction of sp³-hybridized carbons (Fsp3) is 0.440. The van der Waals surface area contributed by atoms with E-state index in [2.05, 4.69) is 20.2 Å². The molecule has 3 heterocycles. The lowest BCUT2D eigenvalue weighted by atomic mass is 9.86. The first-order chi connectivity index (χ1) is 16.6. The lowest BCUT2D eigenvalue weighted by Gasteiger charge is -2.32. The van der Waals surface area contributed by atoms with Crippen LogP contribution in [-0.4, -0.2) is 46.7 Å². The van der Waals surface area contributed by atoms with Crippen LogP contribution < -0.4 is 21.2 Å². The van der Waals surface area contributed by atoms with Crippen molar-refractivity contribution in [3.8, 4) is 5.75 Å². The number of anilines is 3. The van der Waals surface area contributed by atoms with Gasteiger partial charge in [-0.05, 0) is 57.1 Å². The van der Waals surface area contributed by atoms with Crippen molar-refractivity contribution in [3.63, 3.8) is 0 Å². The maximum Gasteiger partial charge on any atom is 0.226 e. The van der Waals surface area contributed by atoms with Crippen molar-refractivity contribution in [3.05, 3.63) is 34.5 Å². The average molecular weight is 480 g/mol. The topological polar surface area (TPSA) is 119 Å². The number of likely N-dealkylation sites (tertiary alicyclic amines) is 1. The van der Waals surface area contributed by atoms with Gasteiger partial charge in [-0.2, -0.15) is 0 Å². The quantitative estimate of drug-likeness (QED) is 0.369. The number of piperidine rings is 1. The number of hydrogen-bond acceptors (Lipinski definition) is 7. The number of amides is 1. The number of nitrogens with one attached hydrogen (secondary N) is 1. The molecule has 0 bridgehead atoms. The highest BCUT2D eigenvalue weighted by molar-refractivity contribution is 7.19. The highest BCUT2D eigenvalue weighted by Crippen LogP contribution is 2.42. The fourth-order valence-corrected chi connectivity index (χ4v) is 6.31. The zero-order valence-corrected chi connectivity index (χ0v) is 20.3. The Hall–Kier alpha value is -3.20. The van der Waals surface area contributed by atoms with Crippen molar-refractivity contribution >= 4 is 50.9 Å². The fourth-order valence-electron chi connectivity index (χ4n) is 5.05. The molecule has 9 heteroatoms. The van der Waals surface area contributed by atoms with Gasteiger partial charge in [0.25, 0.3) is 0 Å². The maximum absolute atomic E-state index is 13.1. The Bertz CT molecular complexity index is 1230. The molecule has 1 aliphatic carbocycles. The van der Waals surface area contributed by atoms with E-state index < -0.39 is 0 Å². The predicted octanol–water partition coefficient (Wildman–Crippen LogP) is 2.71. The molecule has 178 valence electrons. The Labute approximate surface area is 203 Å². The van der Waals surface area contributed by atoms with Gasteiger partial charge in [-0.3, -0.25) is 10.2 Å². The average Bonchev–Trinajstić information content (AvgIpc) is 3.24. The van der Waals surface area contributed by atoms with Gasteiger partial charge in [-0.15, -0.1) is 11.3 Å². The predicted molar refractivity (Wildman–Crippen MR) is 136 cm³/mol. The third-order valence-corrected chi connectivity index (χ3v) is 7.94. The number of hydrogen-bond donors (Lipinski definition) is 3. The molecular formula is C25H31N6O2S+. The van der Waals surface area contributed by atoms with Gasteiger partial charge in [-0.25, -0.2) is 9.97 Å². The van der Waals surface area contributed by atoms with E-state index in [1.165, 1.54) is 23.1 Å². The van der Waals surface area contributed by atoms with E-state index in [0.29, 0.717) is 24.0 Å². The molecule has 1 unspecified atom stereocenters. The molecule has 0 radical (unpaired) electrons. The second-order valence-electron chi connectivity index (χ2n) is 8.93. The molecule has 1 aromatic carbocycles. The summed E-state index contributed by atoms with van der Waals surface area (Å²) in [5.41, 5.74) is 9.39. The highest BCUT2D eigenvalue weighted by atomic mass is 32.1. The molecule has 34 heavy (non-hydrogen) atoms. The van der Waals surface area contributed by atoms with Crippen molar-refractivity contribution in [2.45, 2.75) is 45.4 Å². The minimum Gasteiger partial charge on any atom is -0.492 e. The number of fused-ring (bicyclic) bond motifs is 3. The van der Waals surface area contributed by atoms with Gasteiger partial charge in [0, 0.05) is 35.6 Å². The van der Waals surface area contributed by atoms with Crippen molar-refractivity contribution in [2.75, 3.05) is 30.7 Å². The minimum atomic E-state index is 0.0623. The summed E-state index contributed by atoms with van der Waals surface area (Å²) in [4.78, 5) is 26.5. The van der Waals surface area contributed by atoms with E-state index in [0.717, 1.165) is 72.5 Å². The standard InChI is InChI=1S/C25H30N6O2S/c1-2-33-20-12-18(27)16(13-26)10-19(20)30-23-22-17-7-6-15(25(32)31-8-4-3-5-9-31)11-21(17)34-24(22)29-14-28-23/h10,12-15,26H,2-9,11,27H2,1H3,(H,28,29,30)/p+1. The zero-order chi connectivity index (χ0) is 23.7. The second-order valence-corrected chi connectivity index (χ2v) is 10.0. The Morgan fingerprint density at radius 3 is 2.91 bits per heavy atom. The summed E-state index contributed by atoms with van der Waals surface area (Å²) in [6.45, 7) is 4.25. The number of rotatable bonds is 6. The van der Waals surface area contributed by atoms with Crippen LogP contribution in [0.5, 0.6) is 5.75 Å². The van der Waals surface area contributed by atoms with Crippen molar-refractivity contribution in [2.24, 2.45) is 5.92 Å². The lowest BCUT2D eigenvalue weighted by molar-refractivity contribution is -0.136. The van der Waals surface area contributed by atoms with E-state index >= 15 is 0 Å². The van der Waals surface area contributed by atoms with E-state index in [4.69, 9.17) is 15.9 Å². The number of ether oxygens (including phenoxy) is 1. The molecule has 3 aromatic rings. The molecule has 0 saturated carbocycles. The molecule has 1 saturated heterocycles. The molecule has 5 rings (SSSR count). The summed E-state index contributed by atoms with van der Waals surface area (Å²) in [5, 5.41) is 10.2. The van der Waals surface area contributed by atoms with Crippen molar-refractivity contribution < 1.29 is 14.9 Å². The molecule has 5 N–H and O–H groups in total. The van der Waals surface area contributed by atoms with Crippen LogP contribution in [0.25, 0.3) is 10.2 Å². The number of carbonyl (C=O) groups excluding carboxylic acids is 1. The van der Waals surface area contributed by atoms with Gasteiger partial charge >= 0.3 is 0 Å². The smallest absolute Gasteiger partial charge is 0.226 e. The van der Waals surface area contributed by atoms with Gasteiger partial charge < -0.3 is 20.7 Å². The first-order valence-corrected chi connectivity index (χ1v) is 12.8. The van der Waals surface area contributed by atoms with Crippen LogP contribution in [0.3, 0.4) is 0 Å². The Morgan fingerprint density at radius 2 is 2.15 bits per heavy atom. The molecular weight excluding hydrogens is 448 g/mol. The number of nitrogen functional groups attached to an aromatic ring is 1. The molecule has 2 aliphatic rings. The van der Waals surface area contributed by atoms with Crippen LogP contribution in [0.2, 0.25) is 0 Å². The van der Waals surface area contributed by atoms with Crippen LogP contribution in [-0.2, 0) is 17.6 Å². The number of carbonyl (C=O) groups is 1. The summed E-state index contributed by atoms with van der Waals surface area (Å²) in [5.74, 6) is 1.76. The van der Waals surface area contributed by atoms with E-state index in [1.807, 2.05) is 13.0 Å². The summed E-state index contributed by atoms with van der Waals surface area (Å²) >= 11 is 1.68. The molecule has 1 atom stereocenters. The molecule has 0 spiro atoms. The Balaban J connectivity index is 1.46. The normalized spacial score (nSPS) is 17.9. The van der Waals surface area contributed by atoms with Crippen molar-refractivity contribution in [1.29, 1.82) is 0 Å². The number of aryl methyl sites for hydroxylation is 1. The monoisotopic (exact) mass is 479 g/mol. The number of benzene rings is 1. The molecule has 8 nitrogen and oxygen atoms in total. The van der Waals surface area contributed by atoms with Crippen LogP contribution in [0.1, 0.15) is 48.6 Å². The first kappa shape index (κ1) is 22.6. The number of nitrogens with zero attached hydrogens (tertiary/aromatic N) is 3.